The zero-order chi connectivity index (χ0) is 23.7. The Morgan fingerprint density at radius 1 is 1.12 bits per heavy atom. The van der Waals surface area contributed by atoms with Crippen molar-refractivity contribution >= 4 is 23.1 Å². The summed E-state index contributed by atoms with van der Waals surface area (Å²) in [7, 11) is 1.54. The molecule has 5 rings (SSSR count). The van der Waals surface area contributed by atoms with Gasteiger partial charge in [-0.3, -0.25) is 9.59 Å². The number of methoxy groups -OCH3 is 1. The highest BCUT2D eigenvalue weighted by Gasteiger charge is 2.63. The average Bonchev–Trinajstić information content (AvgIpc) is 3.41. The zero-order valence-corrected chi connectivity index (χ0v) is 18.1. The van der Waals surface area contributed by atoms with Crippen LogP contribution in [0.3, 0.4) is 0 Å². The summed E-state index contributed by atoms with van der Waals surface area (Å²) in [4.78, 5) is 33.3. The van der Waals surface area contributed by atoms with Crippen molar-refractivity contribution in [3.63, 3.8) is 0 Å². The molecule has 0 saturated heterocycles. The summed E-state index contributed by atoms with van der Waals surface area (Å²) in [5.74, 6) is -0.961. The van der Waals surface area contributed by atoms with Crippen molar-refractivity contribution in [2.75, 3.05) is 19.0 Å². The molecule has 0 saturated carbocycles. The monoisotopic (exact) mass is 453 g/mol. The molecule has 1 spiro atoms. The predicted octanol–water partition coefficient (Wildman–Crippen LogP) is 3.68. The number of fused-ring (bicyclic) bond motifs is 2. The summed E-state index contributed by atoms with van der Waals surface area (Å²) in [5, 5.41) is 16.1. The van der Waals surface area contributed by atoms with Crippen molar-refractivity contribution in [1.29, 1.82) is 5.26 Å². The van der Waals surface area contributed by atoms with E-state index >= 15 is 0 Å². The summed E-state index contributed by atoms with van der Waals surface area (Å²) in [5.41, 5.74) is 0.507. The molecule has 168 valence electrons. The van der Waals surface area contributed by atoms with E-state index in [1.54, 1.807) is 79.9 Å². The van der Waals surface area contributed by atoms with Crippen LogP contribution >= 0.6 is 0 Å². The molecule has 0 fully saturated rings. The van der Waals surface area contributed by atoms with E-state index in [0.29, 0.717) is 33.9 Å². The molecule has 2 aliphatic rings. The second-order valence-electron chi connectivity index (χ2n) is 7.77. The summed E-state index contributed by atoms with van der Waals surface area (Å²) in [6.07, 6.45) is 0. The highest BCUT2D eigenvalue weighted by molar-refractivity contribution is 6.25. The number of Topliss-reactive ketones (excluding diaryl/α,β-unsaturated/α-hetero) is 1. The van der Waals surface area contributed by atoms with Gasteiger partial charge in [0.05, 0.1) is 7.11 Å². The Balaban J connectivity index is 1.67. The third-order valence-corrected chi connectivity index (χ3v) is 5.97. The highest BCUT2D eigenvalue weighted by atomic mass is 16.7. The number of anilines is 1. The lowest BCUT2D eigenvalue weighted by molar-refractivity contribution is -0.140. The number of hydrogen-bond donors (Lipinski definition) is 1. The fraction of sp³-hybridized carbons (Fsp3) is 0.154. The maximum absolute atomic E-state index is 14.0. The summed E-state index contributed by atoms with van der Waals surface area (Å²) in [6.45, 7) is -0.184. The smallest absolute Gasteiger partial charge is 0.277 e. The molecule has 0 radical (unpaired) electrons. The first kappa shape index (κ1) is 21.2. The Labute approximate surface area is 195 Å². The van der Waals surface area contributed by atoms with Gasteiger partial charge in [-0.25, -0.2) is 0 Å². The van der Waals surface area contributed by atoms with Gasteiger partial charge in [0.15, 0.2) is 12.4 Å². The van der Waals surface area contributed by atoms with E-state index in [1.807, 2.05) is 6.07 Å². The molecule has 2 aliphatic heterocycles. The fourth-order valence-corrected chi connectivity index (χ4v) is 4.40. The molecule has 0 aliphatic carbocycles. The molecule has 1 amide bonds. The SMILES string of the molecule is COc1ccc(C(=O)[C@@H]2C(c3ccccc3OCC#N)=NO[C@]23C(=O)Nc2ccccc23)cc1. The third-order valence-electron chi connectivity index (χ3n) is 5.97. The molecule has 0 bridgehead atoms. The van der Waals surface area contributed by atoms with Crippen molar-refractivity contribution in [2.24, 2.45) is 11.1 Å². The molecule has 0 aromatic heterocycles. The minimum atomic E-state index is -1.68. The third kappa shape index (κ3) is 3.18. The van der Waals surface area contributed by atoms with Gasteiger partial charge < -0.3 is 19.6 Å². The van der Waals surface area contributed by atoms with Crippen molar-refractivity contribution < 1.29 is 23.9 Å². The first-order chi connectivity index (χ1) is 16.6. The van der Waals surface area contributed by atoms with E-state index in [-0.39, 0.29) is 18.1 Å². The van der Waals surface area contributed by atoms with Crippen LogP contribution in [0.25, 0.3) is 0 Å². The van der Waals surface area contributed by atoms with Gasteiger partial charge in [0.25, 0.3) is 11.5 Å². The van der Waals surface area contributed by atoms with Gasteiger partial charge in [0, 0.05) is 22.4 Å². The van der Waals surface area contributed by atoms with Crippen molar-refractivity contribution in [1.82, 2.24) is 0 Å². The van der Waals surface area contributed by atoms with Crippen LogP contribution in [-0.2, 0) is 15.2 Å². The van der Waals surface area contributed by atoms with E-state index in [1.165, 1.54) is 0 Å². The molecule has 3 aromatic rings. The lowest BCUT2D eigenvalue weighted by atomic mass is 9.74. The number of ketones is 1. The topological polar surface area (TPSA) is 110 Å². The quantitative estimate of drug-likeness (QED) is 0.570. The summed E-state index contributed by atoms with van der Waals surface area (Å²) in [6, 6.07) is 22.6. The minimum absolute atomic E-state index is 0.184. The number of carbonyl (C=O) groups is 2. The molecule has 34 heavy (non-hydrogen) atoms. The lowest BCUT2D eigenvalue weighted by Crippen LogP contribution is -2.46. The maximum Gasteiger partial charge on any atom is 0.277 e. The van der Waals surface area contributed by atoms with Crippen LogP contribution in [0, 0.1) is 17.2 Å². The average molecular weight is 453 g/mol. The van der Waals surface area contributed by atoms with Gasteiger partial charge in [0.2, 0.25) is 0 Å². The molecular formula is C26H19N3O5. The Kier molecular flexibility index (Phi) is 5.22. The van der Waals surface area contributed by atoms with Crippen molar-refractivity contribution in [3.8, 4) is 17.6 Å². The molecule has 2 atom stereocenters. The molecule has 8 nitrogen and oxygen atoms in total. The van der Waals surface area contributed by atoms with Gasteiger partial charge in [-0.2, -0.15) is 5.26 Å². The summed E-state index contributed by atoms with van der Waals surface area (Å²) < 4.78 is 10.8. The Hall–Kier alpha value is -4.64. The number of benzene rings is 3. The van der Waals surface area contributed by atoms with Crippen LogP contribution < -0.4 is 14.8 Å². The number of nitrogens with zero attached hydrogens (tertiary/aromatic N) is 2. The zero-order valence-electron chi connectivity index (χ0n) is 18.1. The van der Waals surface area contributed by atoms with E-state index in [0.717, 1.165) is 0 Å². The standard InChI is InChI=1S/C26H19N3O5/c1-32-17-12-10-16(11-13-17)24(30)22-23(18-6-2-5-9-21(18)33-15-14-27)29-34-26(22)19-7-3-4-8-20(19)28-25(26)31/h2-13,22H,15H2,1H3,(H,28,31)/t22-,26-/m0/s1. The van der Waals surface area contributed by atoms with Crippen molar-refractivity contribution in [2.45, 2.75) is 5.60 Å². The summed E-state index contributed by atoms with van der Waals surface area (Å²) >= 11 is 0. The highest BCUT2D eigenvalue weighted by Crippen LogP contribution is 2.50. The van der Waals surface area contributed by atoms with Gasteiger partial charge in [-0.05, 0) is 42.5 Å². The van der Waals surface area contributed by atoms with Crippen molar-refractivity contribution in [3.05, 3.63) is 89.5 Å². The number of oxime groups is 1. The number of nitrogens with one attached hydrogen (secondary N) is 1. The van der Waals surface area contributed by atoms with Crippen LogP contribution in [-0.4, -0.2) is 31.1 Å². The molecule has 0 unspecified atom stereocenters. The molecule has 1 N–H and O–H groups in total. The van der Waals surface area contributed by atoms with E-state index in [4.69, 9.17) is 19.6 Å². The number of carbonyl (C=O) groups excluding carboxylic acids is 2. The number of nitriles is 1. The number of para-hydroxylation sites is 2. The fourth-order valence-electron chi connectivity index (χ4n) is 4.40. The van der Waals surface area contributed by atoms with Gasteiger partial charge in [-0.15, -0.1) is 0 Å². The van der Waals surface area contributed by atoms with Gasteiger partial charge >= 0.3 is 0 Å². The molecule has 3 aromatic carbocycles. The number of hydrogen-bond acceptors (Lipinski definition) is 7. The minimum Gasteiger partial charge on any atom is -0.497 e. The second kappa shape index (κ2) is 8.37. The number of rotatable bonds is 6. The maximum atomic E-state index is 14.0. The normalized spacial score (nSPS) is 20.1. The van der Waals surface area contributed by atoms with Gasteiger partial charge in [0.1, 0.15) is 29.2 Å². The first-order valence-electron chi connectivity index (χ1n) is 10.5. The largest absolute Gasteiger partial charge is 0.497 e. The number of amides is 1. The van der Waals surface area contributed by atoms with E-state index in [9.17, 15) is 9.59 Å². The lowest BCUT2D eigenvalue weighted by Gasteiger charge is -2.27. The van der Waals surface area contributed by atoms with E-state index < -0.39 is 17.4 Å². The van der Waals surface area contributed by atoms with E-state index in [2.05, 4.69) is 10.5 Å². The van der Waals surface area contributed by atoms with Crippen LogP contribution in [0.2, 0.25) is 0 Å². The van der Waals surface area contributed by atoms with Crippen LogP contribution in [0.15, 0.2) is 78.0 Å². The molecule has 8 heteroatoms. The van der Waals surface area contributed by atoms with Crippen LogP contribution in [0.4, 0.5) is 5.69 Å². The van der Waals surface area contributed by atoms with Crippen LogP contribution in [0.1, 0.15) is 21.5 Å². The second-order valence-corrected chi connectivity index (χ2v) is 7.77. The Morgan fingerprint density at radius 2 is 1.85 bits per heavy atom. The Bertz CT molecular complexity index is 1360. The molecule has 2 heterocycles. The van der Waals surface area contributed by atoms with Crippen LogP contribution in [0.5, 0.6) is 11.5 Å². The van der Waals surface area contributed by atoms with Gasteiger partial charge in [-0.1, -0.05) is 35.5 Å². The Morgan fingerprint density at radius 3 is 2.62 bits per heavy atom. The first-order valence-corrected chi connectivity index (χ1v) is 10.5. The molecular weight excluding hydrogens is 434 g/mol. The number of ether oxygens (including phenoxy) is 2. The predicted molar refractivity (Wildman–Crippen MR) is 123 cm³/mol.